The summed E-state index contributed by atoms with van der Waals surface area (Å²) in [7, 11) is 0. The van der Waals surface area contributed by atoms with Crippen LogP contribution in [0.4, 0.5) is 0 Å². The molecule has 1 rings (SSSR count). The number of hydrogen-bond acceptors (Lipinski definition) is 3. The van der Waals surface area contributed by atoms with Crippen molar-refractivity contribution in [2.45, 2.75) is 26.8 Å². The molecular formula is C14H20BrNO2. The Morgan fingerprint density at radius 3 is 2.78 bits per heavy atom. The van der Waals surface area contributed by atoms with Crippen molar-refractivity contribution in [2.75, 3.05) is 19.7 Å². The number of carbonyl (C=O) groups excluding carboxylic acids is 1. The zero-order valence-electron chi connectivity index (χ0n) is 11.0. The zero-order valence-corrected chi connectivity index (χ0v) is 12.6. The van der Waals surface area contributed by atoms with Gasteiger partial charge in [0.1, 0.15) is 0 Å². The van der Waals surface area contributed by atoms with E-state index in [0.717, 1.165) is 24.0 Å². The molecule has 18 heavy (non-hydrogen) atoms. The van der Waals surface area contributed by atoms with Crippen molar-refractivity contribution in [2.24, 2.45) is 0 Å². The van der Waals surface area contributed by atoms with E-state index in [4.69, 9.17) is 4.74 Å². The van der Waals surface area contributed by atoms with Crippen LogP contribution in [0.15, 0.2) is 28.7 Å². The lowest BCUT2D eigenvalue weighted by Gasteiger charge is -2.20. The molecule has 1 aromatic rings. The Kier molecular flexibility index (Phi) is 6.98. The number of esters is 1. The molecule has 4 heteroatoms. The Balaban J connectivity index is 2.59. The molecule has 0 amide bonds. The summed E-state index contributed by atoms with van der Waals surface area (Å²) in [6.45, 7) is 6.40. The summed E-state index contributed by atoms with van der Waals surface area (Å²) in [5, 5.41) is 0. The van der Waals surface area contributed by atoms with E-state index in [1.165, 1.54) is 5.56 Å². The molecule has 3 nitrogen and oxygen atoms in total. The van der Waals surface area contributed by atoms with Gasteiger partial charge in [-0.15, -0.1) is 0 Å². The van der Waals surface area contributed by atoms with Crippen molar-refractivity contribution in [3.05, 3.63) is 34.3 Å². The van der Waals surface area contributed by atoms with E-state index in [-0.39, 0.29) is 5.97 Å². The van der Waals surface area contributed by atoms with Gasteiger partial charge in [0.2, 0.25) is 0 Å². The first kappa shape index (κ1) is 15.2. The molecule has 0 fully saturated rings. The largest absolute Gasteiger partial charge is 0.465 e. The Labute approximate surface area is 117 Å². The molecule has 0 aromatic heterocycles. The third-order valence-corrected chi connectivity index (χ3v) is 2.99. The molecule has 0 aliphatic rings. The van der Waals surface area contributed by atoms with Crippen LogP contribution in [0, 0.1) is 0 Å². The first-order valence-electron chi connectivity index (χ1n) is 6.28. The summed E-state index contributed by atoms with van der Waals surface area (Å²) in [4.78, 5) is 13.6. The number of carbonyl (C=O) groups is 1. The molecular weight excluding hydrogens is 294 g/mol. The third kappa shape index (κ3) is 5.65. The Morgan fingerprint density at radius 1 is 1.39 bits per heavy atom. The van der Waals surface area contributed by atoms with Gasteiger partial charge in [0.05, 0.1) is 13.2 Å². The molecule has 0 spiro atoms. The molecule has 0 N–H and O–H groups in total. The van der Waals surface area contributed by atoms with Gasteiger partial charge in [-0.2, -0.15) is 0 Å². The van der Waals surface area contributed by atoms with Crippen molar-refractivity contribution in [1.29, 1.82) is 0 Å². The smallest absolute Gasteiger partial charge is 0.320 e. The highest BCUT2D eigenvalue weighted by Gasteiger charge is 2.11. The molecule has 0 bridgehead atoms. The van der Waals surface area contributed by atoms with Gasteiger partial charge in [0.25, 0.3) is 0 Å². The van der Waals surface area contributed by atoms with E-state index in [1.54, 1.807) is 0 Å². The van der Waals surface area contributed by atoms with Crippen LogP contribution in [0.5, 0.6) is 0 Å². The van der Waals surface area contributed by atoms with Crippen LogP contribution in [0.1, 0.15) is 25.8 Å². The average molecular weight is 314 g/mol. The Hall–Kier alpha value is -0.870. The summed E-state index contributed by atoms with van der Waals surface area (Å²) in [6, 6.07) is 8.15. The van der Waals surface area contributed by atoms with Gasteiger partial charge in [0, 0.05) is 11.0 Å². The van der Waals surface area contributed by atoms with Crippen molar-refractivity contribution in [1.82, 2.24) is 4.90 Å². The van der Waals surface area contributed by atoms with Crippen LogP contribution < -0.4 is 0 Å². The molecule has 0 aliphatic heterocycles. The fraction of sp³-hybridized carbons (Fsp3) is 0.500. The fourth-order valence-electron chi connectivity index (χ4n) is 1.81. The summed E-state index contributed by atoms with van der Waals surface area (Å²) in [6.07, 6.45) is 1.02. The topological polar surface area (TPSA) is 29.5 Å². The van der Waals surface area contributed by atoms with Crippen LogP contribution in [-0.2, 0) is 16.1 Å². The summed E-state index contributed by atoms with van der Waals surface area (Å²) < 4.78 is 6.05. The lowest BCUT2D eigenvalue weighted by molar-refractivity contribution is -0.144. The van der Waals surface area contributed by atoms with Gasteiger partial charge in [-0.25, -0.2) is 0 Å². The van der Waals surface area contributed by atoms with Crippen LogP contribution in [0.25, 0.3) is 0 Å². The number of halogens is 1. The van der Waals surface area contributed by atoms with E-state index in [0.29, 0.717) is 13.2 Å². The normalized spacial score (nSPS) is 10.7. The van der Waals surface area contributed by atoms with Crippen LogP contribution in [-0.4, -0.2) is 30.6 Å². The quantitative estimate of drug-likeness (QED) is 0.724. The second-order valence-electron chi connectivity index (χ2n) is 4.15. The van der Waals surface area contributed by atoms with Crippen molar-refractivity contribution in [3.8, 4) is 0 Å². The highest BCUT2D eigenvalue weighted by atomic mass is 79.9. The van der Waals surface area contributed by atoms with Gasteiger partial charge in [-0.1, -0.05) is 35.0 Å². The number of hydrogen-bond donors (Lipinski definition) is 0. The summed E-state index contributed by atoms with van der Waals surface area (Å²) >= 11 is 3.46. The summed E-state index contributed by atoms with van der Waals surface area (Å²) in [5.41, 5.74) is 1.20. The molecule has 0 unspecified atom stereocenters. The maximum Gasteiger partial charge on any atom is 0.320 e. The molecule has 0 atom stereocenters. The lowest BCUT2D eigenvalue weighted by atomic mass is 10.2. The predicted molar refractivity (Wildman–Crippen MR) is 76.3 cm³/mol. The molecule has 0 saturated heterocycles. The highest BCUT2D eigenvalue weighted by molar-refractivity contribution is 9.10. The van der Waals surface area contributed by atoms with Crippen molar-refractivity contribution < 1.29 is 9.53 Å². The van der Waals surface area contributed by atoms with Gasteiger partial charge in [0.15, 0.2) is 0 Å². The minimum atomic E-state index is -0.152. The first-order valence-corrected chi connectivity index (χ1v) is 7.07. The Morgan fingerprint density at radius 2 is 2.17 bits per heavy atom. The molecule has 100 valence electrons. The minimum absolute atomic E-state index is 0.152. The van der Waals surface area contributed by atoms with Gasteiger partial charge in [-0.05, 0) is 37.6 Å². The average Bonchev–Trinajstić information content (AvgIpc) is 2.29. The molecule has 0 radical (unpaired) electrons. The molecule has 0 saturated carbocycles. The maximum absolute atomic E-state index is 11.5. The van der Waals surface area contributed by atoms with E-state index in [1.807, 2.05) is 19.1 Å². The van der Waals surface area contributed by atoms with Crippen LogP contribution >= 0.6 is 15.9 Å². The van der Waals surface area contributed by atoms with Crippen LogP contribution in [0.3, 0.4) is 0 Å². The summed E-state index contributed by atoms with van der Waals surface area (Å²) in [5.74, 6) is -0.152. The van der Waals surface area contributed by atoms with Crippen molar-refractivity contribution in [3.63, 3.8) is 0 Å². The number of rotatable bonds is 7. The third-order valence-electron chi connectivity index (χ3n) is 2.49. The van der Waals surface area contributed by atoms with Gasteiger partial charge >= 0.3 is 5.97 Å². The van der Waals surface area contributed by atoms with E-state index in [2.05, 4.69) is 39.9 Å². The maximum atomic E-state index is 11.5. The molecule has 0 aliphatic carbocycles. The predicted octanol–water partition coefficient (Wildman–Crippen LogP) is 3.22. The molecule has 0 heterocycles. The second kappa shape index (κ2) is 8.27. The van der Waals surface area contributed by atoms with Gasteiger partial charge in [-0.3, -0.25) is 9.69 Å². The zero-order chi connectivity index (χ0) is 13.4. The second-order valence-corrected chi connectivity index (χ2v) is 5.06. The van der Waals surface area contributed by atoms with Gasteiger partial charge < -0.3 is 4.74 Å². The first-order chi connectivity index (χ1) is 8.65. The highest BCUT2D eigenvalue weighted by Crippen LogP contribution is 2.13. The standard InChI is InChI=1S/C14H20BrNO2/c1-3-8-16(11-14(17)18-4-2)10-12-6-5-7-13(15)9-12/h5-7,9H,3-4,8,10-11H2,1-2H3. The number of benzene rings is 1. The molecule has 1 aromatic carbocycles. The number of nitrogens with zero attached hydrogens (tertiary/aromatic N) is 1. The Bertz CT molecular complexity index is 382. The lowest BCUT2D eigenvalue weighted by Crippen LogP contribution is -2.31. The van der Waals surface area contributed by atoms with Crippen LogP contribution in [0.2, 0.25) is 0 Å². The SMILES string of the molecule is CCCN(CC(=O)OCC)Cc1cccc(Br)c1. The van der Waals surface area contributed by atoms with E-state index >= 15 is 0 Å². The number of ether oxygens (including phenoxy) is 1. The minimum Gasteiger partial charge on any atom is -0.465 e. The monoisotopic (exact) mass is 313 g/mol. The van der Waals surface area contributed by atoms with E-state index in [9.17, 15) is 4.79 Å². The fourth-order valence-corrected chi connectivity index (χ4v) is 2.26. The van der Waals surface area contributed by atoms with Crippen molar-refractivity contribution >= 4 is 21.9 Å². The van der Waals surface area contributed by atoms with E-state index < -0.39 is 0 Å².